The van der Waals surface area contributed by atoms with Crippen molar-refractivity contribution in [3.8, 4) is 0 Å². The van der Waals surface area contributed by atoms with E-state index in [0.29, 0.717) is 18.5 Å². The van der Waals surface area contributed by atoms with E-state index in [2.05, 4.69) is 5.32 Å². The summed E-state index contributed by atoms with van der Waals surface area (Å²) in [6.45, 7) is 0.512. The van der Waals surface area contributed by atoms with Crippen LogP contribution in [-0.4, -0.2) is 29.9 Å². The molecule has 4 heteroatoms. The molecule has 0 saturated carbocycles. The number of amides is 1. The lowest BCUT2D eigenvalue weighted by molar-refractivity contribution is -0.121. The Balaban J connectivity index is 2.26. The number of nitrogens with one attached hydrogen (secondary N) is 1. The minimum Gasteiger partial charge on any atom is -0.396 e. The van der Waals surface area contributed by atoms with Gasteiger partial charge in [-0.05, 0) is 6.42 Å². The monoisotopic (exact) mass is 235 g/mol. The molecule has 0 fully saturated rings. The highest BCUT2D eigenvalue weighted by Gasteiger charge is 2.08. The maximum Gasteiger partial charge on any atom is 0.220 e. The van der Waals surface area contributed by atoms with E-state index in [9.17, 15) is 9.59 Å². The molecule has 0 aliphatic heterocycles. The van der Waals surface area contributed by atoms with Gasteiger partial charge in [-0.3, -0.25) is 9.59 Å². The zero-order valence-electron chi connectivity index (χ0n) is 9.69. The fourth-order valence-corrected chi connectivity index (χ4v) is 1.39. The van der Waals surface area contributed by atoms with E-state index in [-0.39, 0.29) is 31.1 Å². The summed E-state index contributed by atoms with van der Waals surface area (Å²) in [4.78, 5) is 23.0. The smallest absolute Gasteiger partial charge is 0.220 e. The summed E-state index contributed by atoms with van der Waals surface area (Å²) in [5.74, 6) is -0.175. The van der Waals surface area contributed by atoms with Crippen LogP contribution in [0.1, 0.15) is 29.6 Å². The number of hydrogen-bond donors (Lipinski definition) is 2. The van der Waals surface area contributed by atoms with E-state index < -0.39 is 0 Å². The number of aliphatic hydroxyl groups is 1. The molecule has 0 unspecified atom stereocenters. The van der Waals surface area contributed by atoms with Crippen molar-refractivity contribution >= 4 is 11.7 Å². The van der Waals surface area contributed by atoms with Gasteiger partial charge < -0.3 is 10.4 Å². The molecule has 0 atom stereocenters. The number of aliphatic hydroxyl groups excluding tert-OH is 1. The predicted molar refractivity (Wildman–Crippen MR) is 64.7 cm³/mol. The molecule has 1 rings (SSSR count). The van der Waals surface area contributed by atoms with Gasteiger partial charge in [-0.2, -0.15) is 0 Å². The molecule has 4 nitrogen and oxygen atoms in total. The lowest BCUT2D eigenvalue weighted by atomic mass is 10.1. The molecule has 0 aromatic heterocycles. The summed E-state index contributed by atoms with van der Waals surface area (Å²) < 4.78 is 0. The molecule has 92 valence electrons. The van der Waals surface area contributed by atoms with Crippen LogP contribution in [0.3, 0.4) is 0 Å². The third-order valence-corrected chi connectivity index (χ3v) is 2.33. The number of rotatable bonds is 7. The lowest BCUT2D eigenvalue weighted by Gasteiger charge is -2.03. The molecule has 2 N–H and O–H groups in total. The number of carbonyl (C=O) groups is 2. The summed E-state index contributed by atoms with van der Waals surface area (Å²) in [5, 5.41) is 11.2. The van der Waals surface area contributed by atoms with Crippen LogP contribution in [0.15, 0.2) is 30.3 Å². The Morgan fingerprint density at radius 2 is 1.82 bits per heavy atom. The Morgan fingerprint density at radius 3 is 2.47 bits per heavy atom. The van der Waals surface area contributed by atoms with Gasteiger partial charge >= 0.3 is 0 Å². The standard InChI is InChI=1S/C13H17NO3/c15-10-4-9-14-13(17)8-7-12(16)11-5-2-1-3-6-11/h1-3,5-6,15H,4,7-10H2,(H,14,17). The van der Waals surface area contributed by atoms with Crippen LogP contribution in [0.4, 0.5) is 0 Å². The second kappa shape index (κ2) is 7.57. The normalized spacial score (nSPS) is 9.94. The highest BCUT2D eigenvalue weighted by atomic mass is 16.3. The molecule has 1 amide bonds. The van der Waals surface area contributed by atoms with Gasteiger partial charge in [0.15, 0.2) is 5.78 Å². The zero-order chi connectivity index (χ0) is 12.5. The fraction of sp³-hybridized carbons (Fsp3) is 0.385. The number of carbonyl (C=O) groups excluding carboxylic acids is 2. The van der Waals surface area contributed by atoms with Gasteiger partial charge in [0.2, 0.25) is 5.91 Å². The molecular weight excluding hydrogens is 218 g/mol. The van der Waals surface area contributed by atoms with Crippen molar-refractivity contribution in [2.45, 2.75) is 19.3 Å². The Labute approximate surface area is 101 Å². The first kappa shape index (κ1) is 13.4. The first-order valence-electron chi connectivity index (χ1n) is 5.70. The van der Waals surface area contributed by atoms with Gasteiger partial charge in [0.1, 0.15) is 0 Å². The molecule has 1 aromatic rings. The predicted octanol–water partition coefficient (Wildman–Crippen LogP) is 1.15. The van der Waals surface area contributed by atoms with Gasteiger partial charge in [0.25, 0.3) is 0 Å². The average molecular weight is 235 g/mol. The Hall–Kier alpha value is -1.68. The van der Waals surface area contributed by atoms with Crippen molar-refractivity contribution in [1.29, 1.82) is 0 Å². The van der Waals surface area contributed by atoms with E-state index >= 15 is 0 Å². The van der Waals surface area contributed by atoms with E-state index in [4.69, 9.17) is 5.11 Å². The molecular formula is C13H17NO3. The first-order chi connectivity index (χ1) is 8.24. The van der Waals surface area contributed by atoms with Crippen LogP contribution >= 0.6 is 0 Å². The summed E-state index contributed by atoms with van der Waals surface area (Å²) in [5.41, 5.74) is 0.635. The van der Waals surface area contributed by atoms with Crippen LogP contribution in [0, 0.1) is 0 Å². The summed E-state index contributed by atoms with van der Waals surface area (Å²) in [7, 11) is 0. The van der Waals surface area contributed by atoms with Crippen LogP contribution in [0.25, 0.3) is 0 Å². The quantitative estimate of drug-likeness (QED) is 0.550. The SMILES string of the molecule is O=C(CCC(=O)c1ccccc1)NCCCO. The molecule has 0 aliphatic carbocycles. The second-order valence-electron chi connectivity index (χ2n) is 3.72. The van der Waals surface area contributed by atoms with Gasteiger partial charge in [-0.15, -0.1) is 0 Å². The van der Waals surface area contributed by atoms with E-state index in [0.717, 1.165) is 0 Å². The number of benzene rings is 1. The highest BCUT2D eigenvalue weighted by Crippen LogP contribution is 2.04. The summed E-state index contributed by atoms with van der Waals surface area (Å²) >= 11 is 0. The summed E-state index contributed by atoms with van der Waals surface area (Å²) in [6.07, 6.45) is 0.951. The average Bonchev–Trinajstić information content (AvgIpc) is 2.37. The van der Waals surface area contributed by atoms with E-state index in [1.54, 1.807) is 24.3 Å². The molecule has 0 spiro atoms. The largest absolute Gasteiger partial charge is 0.396 e. The lowest BCUT2D eigenvalue weighted by Crippen LogP contribution is -2.25. The van der Waals surface area contributed by atoms with E-state index in [1.807, 2.05) is 6.07 Å². The van der Waals surface area contributed by atoms with Crippen molar-refractivity contribution in [2.75, 3.05) is 13.2 Å². The molecule has 0 bridgehead atoms. The second-order valence-corrected chi connectivity index (χ2v) is 3.72. The van der Waals surface area contributed by atoms with Crippen molar-refractivity contribution < 1.29 is 14.7 Å². The van der Waals surface area contributed by atoms with Crippen LogP contribution in [-0.2, 0) is 4.79 Å². The third kappa shape index (κ3) is 5.26. The van der Waals surface area contributed by atoms with Gasteiger partial charge in [0, 0.05) is 31.6 Å². The van der Waals surface area contributed by atoms with Gasteiger partial charge in [-0.25, -0.2) is 0 Å². The van der Waals surface area contributed by atoms with Crippen molar-refractivity contribution in [1.82, 2.24) is 5.32 Å². The molecule has 0 heterocycles. The Kier molecular flexibility index (Phi) is 5.96. The van der Waals surface area contributed by atoms with Gasteiger partial charge in [-0.1, -0.05) is 30.3 Å². The van der Waals surface area contributed by atoms with Crippen LogP contribution in [0.5, 0.6) is 0 Å². The first-order valence-corrected chi connectivity index (χ1v) is 5.70. The fourth-order valence-electron chi connectivity index (χ4n) is 1.39. The van der Waals surface area contributed by atoms with Crippen molar-refractivity contribution in [3.63, 3.8) is 0 Å². The minimum atomic E-state index is -0.150. The molecule has 0 radical (unpaired) electrons. The molecule has 0 aliphatic rings. The van der Waals surface area contributed by atoms with Crippen LogP contribution in [0.2, 0.25) is 0 Å². The minimum absolute atomic E-state index is 0.0251. The molecule has 17 heavy (non-hydrogen) atoms. The van der Waals surface area contributed by atoms with E-state index in [1.165, 1.54) is 0 Å². The highest BCUT2D eigenvalue weighted by molar-refractivity contribution is 5.97. The Bertz CT molecular complexity index is 362. The van der Waals surface area contributed by atoms with Gasteiger partial charge in [0.05, 0.1) is 0 Å². The summed E-state index contributed by atoms with van der Waals surface area (Å²) in [6, 6.07) is 8.93. The number of Topliss-reactive ketones (excluding diaryl/α,β-unsaturated/α-hetero) is 1. The van der Waals surface area contributed by atoms with Crippen molar-refractivity contribution in [3.05, 3.63) is 35.9 Å². The number of ketones is 1. The molecule has 0 saturated heterocycles. The topological polar surface area (TPSA) is 66.4 Å². The van der Waals surface area contributed by atoms with Crippen LogP contribution < -0.4 is 5.32 Å². The maximum absolute atomic E-state index is 11.7. The molecule has 1 aromatic carbocycles. The third-order valence-electron chi connectivity index (χ3n) is 2.33. The Morgan fingerprint density at radius 1 is 1.12 bits per heavy atom. The zero-order valence-corrected chi connectivity index (χ0v) is 9.69. The maximum atomic E-state index is 11.7. The number of hydrogen-bond acceptors (Lipinski definition) is 3. The van der Waals surface area contributed by atoms with Crippen molar-refractivity contribution in [2.24, 2.45) is 0 Å².